The molecule has 0 aliphatic carbocycles. The van der Waals surface area contributed by atoms with Crippen LogP contribution in [0, 0.1) is 11.8 Å². The van der Waals surface area contributed by atoms with Gasteiger partial charge in [-0.1, -0.05) is 45.3 Å². The summed E-state index contributed by atoms with van der Waals surface area (Å²) in [7, 11) is 0. The molecule has 2 atom stereocenters. The lowest BCUT2D eigenvalue weighted by molar-refractivity contribution is 0.304. The zero-order valence-electron chi connectivity index (χ0n) is 12.6. The van der Waals surface area contributed by atoms with Gasteiger partial charge in [-0.25, -0.2) is 0 Å². The Balaban J connectivity index is 4.50. The van der Waals surface area contributed by atoms with Crippen molar-refractivity contribution in [2.75, 3.05) is 13.1 Å². The van der Waals surface area contributed by atoms with Crippen LogP contribution in [-0.2, 0) is 0 Å². The third kappa shape index (κ3) is 7.17. The van der Waals surface area contributed by atoms with E-state index in [9.17, 15) is 0 Å². The van der Waals surface area contributed by atoms with Crippen LogP contribution in [0.15, 0.2) is 12.2 Å². The molecule has 4 N–H and O–H groups in total. The number of allylic oxidation sites excluding steroid dienone is 1. The summed E-state index contributed by atoms with van der Waals surface area (Å²) >= 11 is 0. The summed E-state index contributed by atoms with van der Waals surface area (Å²) in [5.41, 5.74) is 12.8. The maximum Gasteiger partial charge on any atom is -0.00742 e. The van der Waals surface area contributed by atoms with Crippen molar-refractivity contribution < 1.29 is 0 Å². The number of nitrogens with two attached hydrogens (primary N) is 2. The second-order valence-electron chi connectivity index (χ2n) is 5.43. The van der Waals surface area contributed by atoms with Crippen LogP contribution < -0.4 is 11.5 Å². The van der Waals surface area contributed by atoms with Crippen LogP contribution in [0.4, 0.5) is 0 Å². The molecule has 0 radical (unpaired) electrons. The molecule has 0 saturated carbocycles. The molecule has 0 aromatic carbocycles. The maximum absolute atomic E-state index is 5.79. The van der Waals surface area contributed by atoms with Crippen LogP contribution in [0.25, 0.3) is 0 Å². The Hall–Kier alpha value is -0.340. The largest absolute Gasteiger partial charge is 0.330 e. The van der Waals surface area contributed by atoms with E-state index in [4.69, 9.17) is 11.5 Å². The minimum atomic E-state index is 0.664. The molecule has 0 aromatic rings. The molecule has 0 spiro atoms. The Kier molecular flexibility index (Phi) is 11.5. The van der Waals surface area contributed by atoms with Crippen LogP contribution in [0.5, 0.6) is 0 Å². The summed E-state index contributed by atoms with van der Waals surface area (Å²) in [6, 6.07) is 0. The summed E-state index contributed by atoms with van der Waals surface area (Å²) in [6.07, 6.45) is 9.70. The molecule has 0 aromatic heterocycles. The van der Waals surface area contributed by atoms with E-state index >= 15 is 0 Å². The van der Waals surface area contributed by atoms with E-state index in [1.165, 1.54) is 37.7 Å². The van der Waals surface area contributed by atoms with E-state index in [0.29, 0.717) is 5.92 Å². The highest BCUT2D eigenvalue weighted by Crippen LogP contribution is 2.33. The molecular formula is C16H34N2. The monoisotopic (exact) mass is 254 g/mol. The average Bonchev–Trinajstić information content (AvgIpc) is 2.38. The molecule has 0 bridgehead atoms. The van der Waals surface area contributed by atoms with Gasteiger partial charge in [0, 0.05) is 0 Å². The van der Waals surface area contributed by atoms with Crippen LogP contribution in [-0.4, -0.2) is 13.1 Å². The van der Waals surface area contributed by atoms with Crippen LogP contribution in [0.3, 0.4) is 0 Å². The van der Waals surface area contributed by atoms with E-state index < -0.39 is 0 Å². The quantitative estimate of drug-likeness (QED) is 0.520. The number of rotatable bonds is 12. The van der Waals surface area contributed by atoms with Crippen molar-refractivity contribution in [3.63, 3.8) is 0 Å². The fourth-order valence-electron chi connectivity index (χ4n) is 2.83. The minimum absolute atomic E-state index is 0.664. The Morgan fingerprint density at radius 2 is 1.67 bits per heavy atom. The first-order valence-corrected chi connectivity index (χ1v) is 7.78. The summed E-state index contributed by atoms with van der Waals surface area (Å²) in [5.74, 6) is 1.40. The standard InChI is InChI=1S/C16H34N2/c1-4-6-10-15(11-13-18)16(8-5-2)14(3)9-7-12-17/h15-16H,3-13,17-18H2,1-2H3. The Morgan fingerprint density at radius 3 is 2.17 bits per heavy atom. The zero-order chi connectivity index (χ0) is 13.8. The molecule has 0 aliphatic rings. The van der Waals surface area contributed by atoms with Gasteiger partial charge in [0.2, 0.25) is 0 Å². The molecule has 0 saturated heterocycles. The second-order valence-corrected chi connectivity index (χ2v) is 5.43. The van der Waals surface area contributed by atoms with E-state index in [2.05, 4.69) is 20.4 Å². The Morgan fingerprint density at radius 1 is 0.944 bits per heavy atom. The van der Waals surface area contributed by atoms with Crippen molar-refractivity contribution in [3.8, 4) is 0 Å². The highest BCUT2D eigenvalue weighted by atomic mass is 14.5. The molecule has 0 amide bonds. The van der Waals surface area contributed by atoms with Crippen molar-refractivity contribution in [3.05, 3.63) is 12.2 Å². The third-order valence-electron chi connectivity index (χ3n) is 3.86. The normalized spacial score (nSPS) is 14.4. The van der Waals surface area contributed by atoms with Crippen molar-refractivity contribution in [2.45, 2.75) is 65.2 Å². The van der Waals surface area contributed by atoms with Crippen LogP contribution in [0.2, 0.25) is 0 Å². The van der Waals surface area contributed by atoms with Crippen LogP contribution >= 0.6 is 0 Å². The highest BCUT2D eigenvalue weighted by molar-refractivity contribution is 5.03. The number of unbranched alkanes of at least 4 members (excludes halogenated alkanes) is 1. The lowest BCUT2D eigenvalue weighted by Crippen LogP contribution is -2.21. The first kappa shape index (κ1) is 17.7. The topological polar surface area (TPSA) is 52.0 Å². The van der Waals surface area contributed by atoms with E-state index in [0.717, 1.165) is 38.3 Å². The lowest BCUT2D eigenvalue weighted by Gasteiger charge is -2.29. The molecule has 0 aliphatic heterocycles. The van der Waals surface area contributed by atoms with Gasteiger partial charge in [-0.15, -0.1) is 0 Å². The van der Waals surface area contributed by atoms with Gasteiger partial charge in [0.25, 0.3) is 0 Å². The maximum atomic E-state index is 5.79. The summed E-state index contributed by atoms with van der Waals surface area (Å²) in [5, 5.41) is 0. The third-order valence-corrected chi connectivity index (χ3v) is 3.86. The second kappa shape index (κ2) is 11.7. The van der Waals surface area contributed by atoms with Gasteiger partial charge < -0.3 is 11.5 Å². The Labute approximate surface area is 114 Å². The molecular weight excluding hydrogens is 220 g/mol. The zero-order valence-corrected chi connectivity index (χ0v) is 12.6. The van der Waals surface area contributed by atoms with Crippen molar-refractivity contribution >= 4 is 0 Å². The first-order chi connectivity index (χ1) is 8.71. The van der Waals surface area contributed by atoms with Gasteiger partial charge in [0.15, 0.2) is 0 Å². The lowest BCUT2D eigenvalue weighted by atomic mass is 9.77. The minimum Gasteiger partial charge on any atom is -0.330 e. The van der Waals surface area contributed by atoms with E-state index in [1.54, 1.807) is 0 Å². The van der Waals surface area contributed by atoms with Gasteiger partial charge in [0.05, 0.1) is 0 Å². The number of hydrogen-bond acceptors (Lipinski definition) is 2. The molecule has 18 heavy (non-hydrogen) atoms. The summed E-state index contributed by atoms with van der Waals surface area (Å²) < 4.78 is 0. The fraction of sp³-hybridized carbons (Fsp3) is 0.875. The van der Waals surface area contributed by atoms with Crippen molar-refractivity contribution in [2.24, 2.45) is 23.3 Å². The molecule has 2 nitrogen and oxygen atoms in total. The van der Waals surface area contributed by atoms with Crippen molar-refractivity contribution in [1.82, 2.24) is 0 Å². The van der Waals surface area contributed by atoms with Gasteiger partial charge in [-0.2, -0.15) is 0 Å². The number of hydrogen-bond donors (Lipinski definition) is 2. The average molecular weight is 254 g/mol. The van der Waals surface area contributed by atoms with E-state index in [1.807, 2.05) is 0 Å². The SMILES string of the molecule is C=C(CCCN)C(CCC)C(CCN)CCCC. The predicted octanol–water partition coefficient (Wildman–Crippen LogP) is 3.85. The molecule has 0 heterocycles. The molecule has 2 unspecified atom stereocenters. The molecule has 0 rings (SSSR count). The van der Waals surface area contributed by atoms with Gasteiger partial charge in [-0.05, 0) is 57.0 Å². The summed E-state index contributed by atoms with van der Waals surface area (Å²) in [6.45, 7) is 10.4. The first-order valence-electron chi connectivity index (χ1n) is 7.78. The van der Waals surface area contributed by atoms with Crippen molar-refractivity contribution in [1.29, 1.82) is 0 Å². The highest BCUT2D eigenvalue weighted by Gasteiger charge is 2.22. The smallest absolute Gasteiger partial charge is 0.00742 e. The van der Waals surface area contributed by atoms with Gasteiger partial charge in [-0.3, -0.25) is 0 Å². The molecule has 108 valence electrons. The van der Waals surface area contributed by atoms with Gasteiger partial charge >= 0.3 is 0 Å². The molecule has 0 fully saturated rings. The predicted molar refractivity (Wildman–Crippen MR) is 82.5 cm³/mol. The summed E-state index contributed by atoms with van der Waals surface area (Å²) in [4.78, 5) is 0. The Bertz CT molecular complexity index is 201. The fourth-order valence-corrected chi connectivity index (χ4v) is 2.83. The van der Waals surface area contributed by atoms with E-state index in [-0.39, 0.29) is 0 Å². The van der Waals surface area contributed by atoms with Gasteiger partial charge in [0.1, 0.15) is 0 Å². The van der Waals surface area contributed by atoms with Crippen LogP contribution in [0.1, 0.15) is 65.2 Å². The molecule has 2 heteroatoms.